The molecule has 1 N–H and O–H groups in total. The van der Waals surface area contributed by atoms with Gasteiger partial charge < -0.3 is 9.84 Å². The summed E-state index contributed by atoms with van der Waals surface area (Å²) >= 11 is 2.27. The van der Waals surface area contributed by atoms with E-state index in [1.807, 2.05) is 6.92 Å². The van der Waals surface area contributed by atoms with Gasteiger partial charge in [-0.1, -0.05) is 22.6 Å². The maximum Gasteiger partial charge on any atom is 0.0880 e. The Balaban J connectivity index is 2.32. The van der Waals surface area contributed by atoms with Gasteiger partial charge in [-0.25, -0.2) is 0 Å². The van der Waals surface area contributed by atoms with Crippen LogP contribution in [0.1, 0.15) is 6.92 Å². The van der Waals surface area contributed by atoms with Gasteiger partial charge in [0.15, 0.2) is 0 Å². The lowest BCUT2D eigenvalue weighted by molar-refractivity contribution is 0.0128. The van der Waals surface area contributed by atoms with Crippen molar-refractivity contribution in [3.8, 4) is 0 Å². The molecule has 1 rings (SSSR count). The van der Waals surface area contributed by atoms with Gasteiger partial charge in [0.05, 0.1) is 23.4 Å². The number of aliphatic hydroxyl groups is 1. The van der Waals surface area contributed by atoms with Gasteiger partial charge >= 0.3 is 0 Å². The van der Waals surface area contributed by atoms with Gasteiger partial charge in [-0.3, -0.25) is 4.90 Å². The van der Waals surface area contributed by atoms with E-state index in [1.165, 1.54) is 0 Å². The van der Waals surface area contributed by atoms with Crippen LogP contribution in [0.5, 0.6) is 0 Å². The minimum atomic E-state index is -0.256. The van der Waals surface area contributed by atoms with Crippen LogP contribution in [0.4, 0.5) is 0 Å². The average Bonchev–Trinajstić information content (AvgIpc) is 2.05. The number of ether oxygens (including phenoxy) is 1. The first-order chi connectivity index (χ1) is 5.22. The van der Waals surface area contributed by atoms with Crippen LogP contribution in [0.3, 0.4) is 0 Å². The number of aliphatic hydroxyl groups excluding tert-OH is 1. The van der Waals surface area contributed by atoms with Crippen LogP contribution in [0.2, 0.25) is 0 Å². The van der Waals surface area contributed by atoms with Crippen molar-refractivity contribution in [2.45, 2.75) is 17.1 Å². The summed E-state index contributed by atoms with van der Waals surface area (Å²) in [5.74, 6) is 0. The summed E-state index contributed by atoms with van der Waals surface area (Å²) in [6, 6.07) is 0. The average molecular weight is 271 g/mol. The third-order valence-electron chi connectivity index (χ3n) is 1.79. The Morgan fingerprint density at radius 3 is 2.45 bits per heavy atom. The molecule has 1 fully saturated rings. The highest BCUT2D eigenvalue weighted by molar-refractivity contribution is 14.1. The smallest absolute Gasteiger partial charge is 0.0880 e. The van der Waals surface area contributed by atoms with Gasteiger partial charge in [0.25, 0.3) is 0 Å². The summed E-state index contributed by atoms with van der Waals surface area (Å²) < 4.78 is 5.44. The normalized spacial score (nSPS) is 26.5. The second kappa shape index (κ2) is 4.59. The Morgan fingerprint density at radius 2 is 2.00 bits per heavy atom. The zero-order valence-corrected chi connectivity index (χ0v) is 8.82. The molecule has 1 aliphatic heterocycles. The molecule has 2 unspecified atom stereocenters. The van der Waals surface area contributed by atoms with Gasteiger partial charge in [0.2, 0.25) is 0 Å². The summed E-state index contributed by atoms with van der Waals surface area (Å²) in [6.45, 7) is 5.31. The molecule has 0 bridgehead atoms. The first kappa shape index (κ1) is 9.70. The van der Waals surface area contributed by atoms with Crippen molar-refractivity contribution in [2.75, 3.05) is 26.3 Å². The number of alkyl halides is 1. The van der Waals surface area contributed by atoms with Crippen molar-refractivity contribution in [3.63, 3.8) is 0 Å². The van der Waals surface area contributed by atoms with E-state index >= 15 is 0 Å². The van der Waals surface area contributed by atoms with Crippen molar-refractivity contribution in [1.29, 1.82) is 0 Å². The number of hydrogen-bond acceptors (Lipinski definition) is 3. The van der Waals surface area contributed by atoms with Crippen LogP contribution in [-0.4, -0.2) is 46.5 Å². The molecular weight excluding hydrogens is 257 g/mol. The molecule has 0 aliphatic carbocycles. The van der Waals surface area contributed by atoms with Crippen molar-refractivity contribution in [1.82, 2.24) is 4.90 Å². The minimum absolute atomic E-state index is 0.233. The molecule has 0 aromatic heterocycles. The molecule has 0 aromatic carbocycles. The van der Waals surface area contributed by atoms with Crippen molar-refractivity contribution in [3.05, 3.63) is 0 Å². The van der Waals surface area contributed by atoms with Crippen molar-refractivity contribution < 1.29 is 9.84 Å². The monoisotopic (exact) mass is 271 g/mol. The third kappa shape index (κ3) is 2.85. The third-order valence-corrected chi connectivity index (χ3v) is 3.62. The lowest BCUT2D eigenvalue weighted by Gasteiger charge is -2.32. The van der Waals surface area contributed by atoms with E-state index in [0.717, 1.165) is 26.3 Å². The van der Waals surface area contributed by atoms with Crippen molar-refractivity contribution in [2.24, 2.45) is 0 Å². The van der Waals surface area contributed by atoms with Crippen LogP contribution in [0.25, 0.3) is 0 Å². The van der Waals surface area contributed by atoms with E-state index in [0.29, 0.717) is 0 Å². The van der Waals surface area contributed by atoms with E-state index in [-0.39, 0.29) is 10.2 Å². The number of hydrogen-bond donors (Lipinski definition) is 1. The number of halogens is 1. The molecule has 0 radical (unpaired) electrons. The largest absolute Gasteiger partial charge is 0.391 e. The van der Waals surface area contributed by atoms with E-state index in [4.69, 9.17) is 4.74 Å². The van der Waals surface area contributed by atoms with Gasteiger partial charge in [-0.15, -0.1) is 0 Å². The molecule has 0 aromatic rings. The number of nitrogens with zero attached hydrogens (tertiary/aromatic N) is 1. The van der Waals surface area contributed by atoms with E-state index in [1.54, 1.807) is 0 Å². The SMILES string of the molecule is CC(O)C(I)N1CCOCC1. The fraction of sp³-hybridized carbons (Fsp3) is 1.00. The Morgan fingerprint density at radius 1 is 1.45 bits per heavy atom. The number of morpholine rings is 1. The molecule has 0 amide bonds. The second-order valence-corrected chi connectivity index (χ2v) is 4.04. The lowest BCUT2D eigenvalue weighted by Crippen LogP contribution is -2.44. The second-order valence-electron chi connectivity index (χ2n) is 2.76. The summed E-state index contributed by atoms with van der Waals surface area (Å²) in [7, 11) is 0. The van der Waals surface area contributed by atoms with Gasteiger partial charge in [-0.05, 0) is 6.92 Å². The fourth-order valence-electron chi connectivity index (χ4n) is 1.13. The molecule has 2 atom stereocenters. The summed E-state index contributed by atoms with van der Waals surface area (Å²) in [5.41, 5.74) is 0. The quantitative estimate of drug-likeness (QED) is 0.450. The molecule has 3 nitrogen and oxygen atoms in total. The van der Waals surface area contributed by atoms with E-state index in [2.05, 4.69) is 27.5 Å². The van der Waals surface area contributed by atoms with Gasteiger partial charge in [0.1, 0.15) is 0 Å². The minimum Gasteiger partial charge on any atom is -0.391 e. The summed E-state index contributed by atoms with van der Waals surface area (Å²) in [6.07, 6.45) is -0.256. The topological polar surface area (TPSA) is 32.7 Å². The molecule has 1 saturated heterocycles. The molecule has 1 aliphatic rings. The zero-order chi connectivity index (χ0) is 8.27. The first-order valence-corrected chi connectivity index (χ1v) is 5.10. The maximum atomic E-state index is 9.28. The zero-order valence-electron chi connectivity index (χ0n) is 6.66. The summed E-state index contributed by atoms with van der Waals surface area (Å²) in [4.78, 5) is 2.24. The Kier molecular flexibility index (Phi) is 4.05. The van der Waals surface area contributed by atoms with Crippen LogP contribution in [0, 0.1) is 0 Å². The van der Waals surface area contributed by atoms with E-state index in [9.17, 15) is 5.11 Å². The molecule has 11 heavy (non-hydrogen) atoms. The highest BCUT2D eigenvalue weighted by Gasteiger charge is 2.21. The van der Waals surface area contributed by atoms with Gasteiger partial charge in [0, 0.05) is 13.1 Å². The van der Waals surface area contributed by atoms with Crippen molar-refractivity contribution >= 4 is 22.6 Å². The predicted molar refractivity (Wildman–Crippen MR) is 51.9 cm³/mol. The van der Waals surface area contributed by atoms with Crippen LogP contribution in [0.15, 0.2) is 0 Å². The highest BCUT2D eigenvalue weighted by atomic mass is 127. The molecule has 1 heterocycles. The molecule has 0 saturated carbocycles. The highest BCUT2D eigenvalue weighted by Crippen LogP contribution is 2.13. The molecular formula is C7H14INO2. The van der Waals surface area contributed by atoms with Gasteiger partial charge in [-0.2, -0.15) is 0 Å². The summed E-state index contributed by atoms with van der Waals surface area (Å²) in [5, 5.41) is 9.28. The number of rotatable bonds is 2. The lowest BCUT2D eigenvalue weighted by atomic mass is 10.3. The molecule has 66 valence electrons. The van der Waals surface area contributed by atoms with Crippen LogP contribution in [-0.2, 0) is 4.74 Å². The fourth-order valence-corrected chi connectivity index (χ4v) is 1.69. The van der Waals surface area contributed by atoms with Crippen LogP contribution >= 0.6 is 22.6 Å². The first-order valence-electron chi connectivity index (χ1n) is 3.86. The standard InChI is InChI=1S/C7H14INO2/c1-6(10)7(8)9-2-4-11-5-3-9/h6-7,10H,2-5H2,1H3. The molecule has 4 heteroatoms. The van der Waals surface area contributed by atoms with E-state index < -0.39 is 0 Å². The Labute approximate surface area is 80.9 Å². The Hall–Kier alpha value is 0.610. The predicted octanol–water partition coefficient (Wildman–Crippen LogP) is 0.461. The Bertz CT molecular complexity index is 115. The maximum absolute atomic E-state index is 9.28. The van der Waals surface area contributed by atoms with Crippen LogP contribution < -0.4 is 0 Å². The molecule has 0 spiro atoms.